The summed E-state index contributed by atoms with van der Waals surface area (Å²) in [6.07, 6.45) is 2.33. The molecule has 1 aliphatic heterocycles. The topological polar surface area (TPSA) is 57.5 Å². The van der Waals surface area contributed by atoms with Crippen molar-refractivity contribution < 1.29 is 4.80 Å². The highest BCUT2D eigenvalue weighted by Crippen LogP contribution is 2.17. The van der Waals surface area contributed by atoms with Crippen molar-refractivity contribution in [3.05, 3.63) is 41.7 Å². The average molecular weight is 230 g/mol. The summed E-state index contributed by atoms with van der Waals surface area (Å²) in [5.74, 6) is 0.874. The largest absolute Gasteiger partial charge is 0.325 e. The lowest BCUT2D eigenvalue weighted by Gasteiger charge is -1.97. The van der Waals surface area contributed by atoms with Gasteiger partial charge in [0.05, 0.1) is 11.1 Å². The molecule has 1 saturated heterocycles. The molecule has 2 heterocycles. The van der Waals surface area contributed by atoms with Crippen molar-refractivity contribution in [2.75, 3.05) is 6.54 Å². The number of hydrogen-bond donors (Lipinski definition) is 2. The first-order valence-corrected chi connectivity index (χ1v) is 6.01. The van der Waals surface area contributed by atoms with Crippen molar-refractivity contribution in [2.24, 2.45) is 0 Å². The Morgan fingerprint density at radius 1 is 1.29 bits per heavy atom. The number of benzene rings is 1. The van der Waals surface area contributed by atoms with E-state index in [9.17, 15) is 0 Å². The molecule has 88 valence electrons. The Bertz CT molecular complexity index is 473. The molecule has 1 fully saturated rings. The summed E-state index contributed by atoms with van der Waals surface area (Å²) in [6.45, 7) is 1.80. The molecule has 0 spiro atoms. The quantitative estimate of drug-likeness (QED) is 0.758. The van der Waals surface area contributed by atoms with Crippen LogP contribution in [0.3, 0.4) is 0 Å². The van der Waals surface area contributed by atoms with Gasteiger partial charge in [0.25, 0.3) is 0 Å². The summed E-state index contributed by atoms with van der Waals surface area (Å²) in [6, 6.07) is 10.6. The smallest absolute Gasteiger partial charge is 0.305 e. The second-order valence-corrected chi connectivity index (χ2v) is 4.36. The van der Waals surface area contributed by atoms with E-state index in [1.165, 1.54) is 12.0 Å². The zero-order chi connectivity index (χ0) is 11.5. The van der Waals surface area contributed by atoms with E-state index in [0.717, 1.165) is 25.3 Å². The molecule has 2 N–H and O–H groups in total. The van der Waals surface area contributed by atoms with Gasteiger partial charge in [-0.1, -0.05) is 35.1 Å². The summed E-state index contributed by atoms with van der Waals surface area (Å²) in [5, 5.41) is 15.1. The standard InChI is InChI=1S/C12H15N5/c1-2-5-10(6-3-1)9-17-15-12(14-16-17)11-7-4-8-13-11/h1-3,5-6,11,13H,4,7-9H2/p+1/t11-/m0/s1. The fourth-order valence-corrected chi connectivity index (χ4v) is 2.16. The fourth-order valence-electron chi connectivity index (χ4n) is 2.16. The van der Waals surface area contributed by atoms with E-state index < -0.39 is 0 Å². The van der Waals surface area contributed by atoms with Gasteiger partial charge in [0.2, 0.25) is 0 Å². The molecule has 3 rings (SSSR count). The third-order valence-electron chi connectivity index (χ3n) is 3.05. The van der Waals surface area contributed by atoms with Crippen LogP contribution in [0, 0.1) is 0 Å². The zero-order valence-electron chi connectivity index (χ0n) is 9.63. The highest BCUT2D eigenvalue weighted by atomic mass is 15.6. The van der Waals surface area contributed by atoms with E-state index in [4.69, 9.17) is 0 Å². The first-order chi connectivity index (χ1) is 8.42. The van der Waals surface area contributed by atoms with Crippen LogP contribution in [-0.4, -0.2) is 22.0 Å². The van der Waals surface area contributed by atoms with Gasteiger partial charge in [-0.3, -0.25) is 0 Å². The molecule has 1 aromatic carbocycles. The van der Waals surface area contributed by atoms with Crippen molar-refractivity contribution in [3.63, 3.8) is 0 Å². The monoisotopic (exact) mass is 230 g/mol. The number of tetrazole rings is 1. The second kappa shape index (κ2) is 4.63. The van der Waals surface area contributed by atoms with Gasteiger partial charge in [0, 0.05) is 0 Å². The van der Waals surface area contributed by atoms with E-state index in [1.807, 2.05) is 18.2 Å². The number of aromatic amines is 1. The first-order valence-electron chi connectivity index (χ1n) is 6.01. The molecular weight excluding hydrogens is 214 g/mol. The third-order valence-corrected chi connectivity index (χ3v) is 3.05. The molecule has 0 bridgehead atoms. The minimum Gasteiger partial charge on any atom is -0.305 e. The Hall–Kier alpha value is -1.75. The predicted molar refractivity (Wildman–Crippen MR) is 62.1 cm³/mol. The number of H-pyrrole nitrogens is 1. The van der Waals surface area contributed by atoms with Gasteiger partial charge in [-0.15, -0.1) is 0 Å². The lowest BCUT2D eigenvalue weighted by atomic mass is 10.2. The van der Waals surface area contributed by atoms with Crippen LogP contribution in [0.1, 0.15) is 30.3 Å². The van der Waals surface area contributed by atoms with E-state index in [0.29, 0.717) is 6.04 Å². The number of hydrogen-bond acceptors (Lipinski definition) is 3. The fraction of sp³-hybridized carbons (Fsp3) is 0.417. The van der Waals surface area contributed by atoms with Crippen molar-refractivity contribution in [2.45, 2.75) is 25.4 Å². The SMILES string of the molecule is c1ccc(C[n+]2nc([C@@H]3CCCN3)n[nH]2)cc1. The van der Waals surface area contributed by atoms with E-state index in [2.05, 4.69) is 32.9 Å². The zero-order valence-corrected chi connectivity index (χ0v) is 9.63. The van der Waals surface area contributed by atoms with Crippen LogP contribution in [0.15, 0.2) is 30.3 Å². The lowest BCUT2D eigenvalue weighted by molar-refractivity contribution is -0.798. The molecule has 1 aliphatic rings. The molecule has 5 nitrogen and oxygen atoms in total. The molecule has 0 aliphatic carbocycles. The molecule has 0 amide bonds. The number of nitrogens with zero attached hydrogens (tertiary/aromatic N) is 3. The lowest BCUT2D eigenvalue weighted by Crippen LogP contribution is -2.40. The number of nitrogens with one attached hydrogen (secondary N) is 2. The van der Waals surface area contributed by atoms with Crippen LogP contribution in [0.25, 0.3) is 0 Å². The summed E-state index contributed by atoms with van der Waals surface area (Å²) in [5.41, 5.74) is 1.22. The van der Waals surface area contributed by atoms with Crippen LogP contribution in [0.2, 0.25) is 0 Å². The van der Waals surface area contributed by atoms with Gasteiger partial charge in [0.1, 0.15) is 0 Å². The molecule has 2 aromatic rings. The van der Waals surface area contributed by atoms with Gasteiger partial charge < -0.3 is 5.32 Å². The summed E-state index contributed by atoms with van der Waals surface area (Å²) < 4.78 is 0. The van der Waals surface area contributed by atoms with Gasteiger partial charge in [-0.2, -0.15) is 0 Å². The maximum atomic E-state index is 4.48. The Kier molecular flexibility index (Phi) is 2.83. The third kappa shape index (κ3) is 2.34. The Labute approximate surface area is 99.8 Å². The van der Waals surface area contributed by atoms with Crippen molar-refractivity contribution in [3.8, 4) is 0 Å². The van der Waals surface area contributed by atoms with Gasteiger partial charge >= 0.3 is 5.82 Å². The first kappa shape index (κ1) is 10.4. The van der Waals surface area contributed by atoms with Crippen LogP contribution >= 0.6 is 0 Å². The number of rotatable bonds is 3. The molecule has 5 heteroatoms. The predicted octanol–water partition coefficient (Wildman–Crippen LogP) is 0.565. The molecule has 1 aromatic heterocycles. The van der Waals surface area contributed by atoms with Gasteiger partial charge in [-0.25, -0.2) is 0 Å². The molecule has 17 heavy (non-hydrogen) atoms. The van der Waals surface area contributed by atoms with Crippen molar-refractivity contribution >= 4 is 0 Å². The van der Waals surface area contributed by atoms with Gasteiger partial charge in [-0.05, 0) is 35.3 Å². The molecule has 0 unspecified atom stereocenters. The van der Waals surface area contributed by atoms with E-state index in [-0.39, 0.29) is 0 Å². The van der Waals surface area contributed by atoms with Crippen LogP contribution in [-0.2, 0) is 6.54 Å². The highest BCUT2D eigenvalue weighted by molar-refractivity contribution is 5.12. The van der Waals surface area contributed by atoms with Crippen LogP contribution < -0.4 is 10.1 Å². The second-order valence-electron chi connectivity index (χ2n) is 4.36. The van der Waals surface area contributed by atoms with Crippen molar-refractivity contribution in [1.82, 2.24) is 20.7 Å². The Morgan fingerprint density at radius 2 is 2.18 bits per heavy atom. The maximum Gasteiger partial charge on any atom is 0.325 e. The molecular formula is C12H16N5+. The molecule has 1 atom stereocenters. The van der Waals surface area contributed by atoms with Crippen molar-refractivity contribution in [1.29, 1.82) is 0 Å². The van der Waals surface area contributed by atoms with E-state index in [1.54, 1.807) is 4.80 Å². The van der Waals surface area contributed by atoms with Gasteiger partial charge in [0.15, 0.2) is 6.54 Å². The van der Waals surface area contributed by atoms with Crippen LogP contribution in [0.5, 0.6) is 0 Å². The molecule has 0 radical (unpaired) electrons. The Balaban J connectivity index is 1.72. The average Bonchev–Trinajstić information content (AvgIpc) is 3.00. The normalized spacial score (nSPS) is 19.6. The van der Waals surface area contributed by atoms with Crippen LogP contribution in [0.4, 0.5) is 0 Å². The summed E-state index contributed by atoms with van der Waals surface area (Å²) >= 11 is 0. The summed E-state index contributed by atoms with van der Waals surface area (Å²) in [7, 11) is 0. The Morgan fingerprint density at radius 3 is 2.94 bits per heavy atom. The maximum absolute atomic E-state index is 4.48. The molecule has 0 saturated carbocycles. The minimum atomic E-state index is 0.322. The minimum absolute atomic E-state index is 0.322. The number of aromatic nitrogens is 4. The highest BCUT2D eigenvalue weighted by Gasteiger charge is 2.26. The summed E-state index contributed by atoms with van der Waals surface area (Å²) in [4.78, 5) is 1.78. The van der Waals surface area contributed by atoms with E-state index >= 15 is 0 Å².